The highest BCUT2D eigenvalue weighted by Gasteiger charge is 2.35. The molecule has 0 amide bonds. The fraction of sp³-hybridized carbons (Fsp3) is 0.533. The van der Waals surface area contributed by atoms with Crippen LogP contribution in [0.2, 0.25) is 0 Å². The van der Waals surface area contributed by atoms with E-state index in [2.05, 4.69) is 4.98 Å². The Labute approximate surface area is 107 Å². The van der Waals surface area contributed by atoms with Crippen molar-refractivity contribution in [2.24, 2.45) is 5.92 Å². The van der Waals surface area contributed by atoms with E-state index in [0.717, 1.165) is 24.1 Å². The van der Waals surface area contributed by atoms with Gasteiger partial charge in [-0.1, -0.05) is 25.3 Å². The molecule has 2 aromatic rings. The van der Waals surface area contributed by atoms with Crippen molar-refractivity contribution in [2.75, 3.05) is 0 Å². The van der Waals surface area contributed by atoms with E-state index in [1.807, 2.05) is 35.7 Å². The minimum Gasteiger partial charge on any atom is -0.384 e. The molecule has 2 heterocycles. The van der Waals surface area contributed by atoms with Crippen LogP contribution in [-0.2, 0) is 5.60 Å². The Balaban J connectivity index is 2.03. The maximum absolute atomic E-state index is 11.0. The molecule has 2 aromatic heterocycles. The highest BCUT2D eigenvalue weighted by molar-refractivity contribution is 5.46. The monoisotopic (exact) mass is 244 g/mol. The molecule has 0 aliphatic heterocycles. The van der Waals surface area contributed by atoms with Crippen molar-refractivity contribution in [3.63, 3.8) is 0 Å². The Morgan fingerprint density at radius 3 is 2.83 bits per heavy atom. The quantitative estimate of drug-likeness (QED) is 0.881. The van der Waals surface area contributed by atoms with Crippen LogP contribution < -0.4 is 0 Å². The average molecular weight is 244 g/mol. The second-order valence-electron chi connectivity index (χ2n) is 5.58. The van der Waals surface area contributed by atoms with Gasteiger partial charge < -0.3 is 9.51 Å². The Morgan fingerprint density at radius 2 is 2.06 bits per heavy atom. The molecule has 3 heteroatoms. The maximum atomic E-state index is 11.0. The summed E-state index contributed by atoms with van der Waals surface area (Å²) in [5.74, 6) is 0.360. The van der Waals surface area contributed by atoms with E-state index >= 15 is 0 Å². The molecule has 0 saturated heterocycles. The molecule has 1 aliphatic rings. The van der Waals surface area contributed by atoms with Crippen LogP contribution in [0.1, 0.15) is 44.7 Å². The van der Waals surface area contributed by atoms with Gasteiger partial charge in [0.2, 0.25) is 0 Å². The first-order valence-electron chi connectivity index (χ1n) is 6.83. The molecule has 0 bridgehead atoms. The lowest BCUT2D eigenvalue weighted by Gasteiger charge is -2.36. The van der Waals surface area contributed by atoms with Gasteiger partial charge in [0.15, 0.2) is 0 Å². The zero-order valence-electron chi connectivity index (χ0n) is 10.8. The minimum absolute atomic E-state index is 0.360. The topological polar surface area (TPSA) is 37.5 Å². The van der Waals surface area contributed by atoms with Crippen LogP contribution in [0, 0.1) is 5.92 Å². The minimum atomic E-state index is -0.763. The summed E-state index contributed by atoms with van der Waals surface area (Å²) in [6.45, 7) is 1.96. The van der Waals surface area contributed by atoms with Crippen molar-refractivity contribution in [3.8, 4) is 0 Å². The number of imidazole rings is 1. The first-order chi connectivity index (χ1) is 8.69. The van der Waals surface area contributed by atoms with Crippen molar-refractivity contribution in [1.82, 2.24) is 9.38 Å². The molecule has 0 radical (unpaired) electrons. The lowest BCUT2D eigenvalue weighted by Crippen LogP contribution is -2.35. The summed E-state index contributed by atoms with van der Waals surface area (Å²) in [6, 6.07) is 6.04. The molecule has 1 aliphatic carbocycles. The Morgan fingerprint density at radius 1 is 1.28 bits per heavy atom. The fourth-order valence-corrected chi connectivity index (χ4v) is 3.23. The van der Waals surface area contributed by atoms with Crippen molar-refractivity contribution in [3.05, 3.63) is 36.4 Å². The molecule has 1 unspecified atom stereocenters. The van der Waals surface area contributed by atoms with Crippen molar-refractivity contribution >= 4 is 5.52 Å². The van der Waals surface area contributed by atoms with Crippen LogP contribution in [0.25, 0.3) is 5.52 Å². The fourth-order valence-electron chi connectivity index (χ4n) is 3.23. The third-order valence-corrected chi connectivity index (χ3v) is 4.37. The number of rotatable bonds is 2. The van der Waals surface area contributed by atoms with Gasteiger partial charge in [0.1, 0.15) is 5.60 Å². The van der Waals surface area contributed by atoms with E-state index in [1.54, 1.807) is 6.33 Å². The molecule has 96 valence electrons. The second kappa shape index (κ2) is 4.39. The van der Waals surface area contributed by atoms with Crippen molar-refractivity contribution in [1.29, 1.82) is 0 Å². The van der Waals surface area contributed by atoms with Crippen LogP contribution in [0.15, 0.2) is 30.7 Å². The predicted molar refractivity (Wildman–Crippen MR) is 71.3 cm³/mol. The molecule has 1 N–H and O–H groups in total. The van der Waals surface area contributed by atoms with Crippen LogP contribution in [0.5, 0.6) is 0 Å². The van der Waals surface area contributed by atoms with Crippen LogP contribution >= 0.6 is 0 Å². The molecule has 1 atom stereocenters. The van der Waals surface area contributed by atoms with E-state index < -0.39 is 5.60 Å². The van der Waals surface area contributed by atoms with Crippen LogP contribution in [0.4, 0.5) is 0 Å². The van der Waals surface area contributed by atoms with Gasteiger partial charge >= 0.3 is 0 Å². The van der Waals surface area contributed by atoms with E-state index in [-0.39, 0.29) is 0 Å². The lowest BCUT2D eigenvalue weighted by atomic mass is 9.76. The normalized spacial score (nSPS) is 21.0. The highest BCUT2D eigenvalue weighted by Crippen LogP contribution is 2.39. The van der Waals surface area contributed by atoms with Gasteiger partial charge in [0.05, 0.1) is 23.7 Å². The average Bonchev–Trinajstić information content (AvgIpc) is 2.87. The summed E-state index contributed by atoms with van der Waals surface area (Å²) in [7, 11) is 0. The molecule has 1 saturated carbocycles. The maximum Gasteiger partial charge on any atom is 0.105 e. The lowest BCUT2D eigenvalue weighted by molar-refractivity contribution is -0.0261. The second-order valence-corrected chi connectivity index (χ2v) is 5.58. The molecule has 3 rings (SSSR count). The first-order valence-corrected chi connectivity index (χ1v) is 6.83. The summed E-state index contributed by atoms with van der Waals surface area (Å²) in [6.07, 6.45) is 9.65. The van der Waals surface area contributed by atoms with Crippen molar-refractivity contribution in [2.45, 2.75) is 44.6 Å². The van der Waals surface area contributed by atoms with Gasteiger partial charge in [-0.05, 0) is 37.8 Å². The van der Waals surface area contributed by atoms with E-state index in [1.165, 1.54) is 19.3 Å². The number of aromatic nitrogens is 2. The number of nitrogens with zero attached hydrogens (tertiary/aromatic N) is 2. The summed E-state index contributed by atoms with van der Waals surface area (Å²) in [4.78, 5) is 4.17. The number of hydrogen-bond donors (Lipinski definition) is 1. The van der Waals surface area contributed by atoms with Gasteiger partial charge in [-0.25, -0.2) is 4.98 Å². The van der Waals surface area contributed by atoms with Crippen LogP contribution in [-0.4, -0.2) is 14.5 Å². The molecule has 1 fully saturated rings. The molecule has 3 nitrogen and oxygen atoms in total. The summed E-state index contributed by atoms with van der Waals surface area (Å²) in [5.41, 5.74) is 1.24. The smallest absolute Gasteiger partial charge is 0.105 e. The predicted octanol–water partition coefficient (Wildman–Crippen LogP) is 3.12. The molecule has 0 aromatic carbocycles. The zero-order chi connectivity index (χ0) is 12.6. The van der Waals surface area contributed by atoms with E-state index in [9.17, 15) is 5.11 Å². The standard InChI is InChI=1S/C15H20N2O/c1-15(18,12-6-3-2-4-7-12)14-9-5-8-13-10-16-11-17(13)14/h5,8-12,18H,2-4,6-7H2,1H3. The largest absolute Gasteiger partial charge is 0.384 e. The third kappa shape index (κ3) is 1.83. The van der Waals surface area contributed by atoms with Gasteiger partial charge in [0, 0.05) is 0 Å². The molecule has 0 spiro atoms. The van der Waals surface area contributed by atoms with E-state index in [4.69, 9.17) is 0 Å². The summed E-state index contributed by atoms with van der Waals surface area (Å²) < 4.78 is 2.01. The SMILES string of the molecule is CC(O)(c1cccc2cncn12)C1CCCCC1. The van der Waals surface area contributed by atoms with Gasteiger partial charge in [-0.3, -0.25) is 0 Å². The van der Waals surface area contributed by atoms with Crippen LogP contribution in [0.3, 0.4) is 0 Å². The zero-order valence-corrected chi connectivity index (χ0v) is 10.8. The van der Waals surface area contributed by atoms with Gasteiger partial charge in [-0.15, -0.1) is 0 Å². The van der Waals surface area contributed by atoms with Gasteiger partial charge in [-0.2, -0.15) is 0 Å². The Kier molecular flexibility index (Phi) is 2.86. The van der Waals surface area contributed by atoms with Crippen molar-refractivity contribution < 1.29 is 5.11 Å². The third-order valence-electron chi connectivity index (χ3n) is 4.37. The highest BCUT2D eigenvalue weighted by atomic mass is 16.3. The number of fused-ring (bicyclic) bond motifs is 1. The molecular weight excluding hydrogens is 224 g/mol. The molecular formula is C15H20N2O. The summed E-state index contributed by atoms with van der Waals surface area (Å²) >= 11 is 0. The van der Waals surface area contributed by atoms with E-state index in [0.29, 0.717) is 5.92 Å². The Bertz CT molecular complexity index is 538. The summed E-state index contributed by atoms with van der Waals surface area (Å²) in [5, 5.41) is 11.0. The Hall–Kier alpha value is -1.35. The number of aliphatic hydroxyl groups is 1. The first kappa shape index (κ1) is 11.7. The number of hydrogen-bond acceptors (Lipinski definition) is 2. The molecule has 18 heavy (non-hydrogen) atoms. The van der Waals surface area contributed by atoms with Gasteiger partial charge in [0.25, 0.3) is 0 Å². The number of pyridine rings is 1.